The molecule has 1 aliphatic rings. The van der Waals surface area contributed by atoms with Crippen molar-refractivity contribution in [1.82, 2.24) is 0 Å². The molecule has 4 heteroatoms. The van der Waals surface area contributed by atoms with Crippen LogP contribution < -0.4 is 4.74 Å². The first-order chi connectivity index (χ1) is 10.6. The zero-order valence-corrected chi connectivity index (χ0v) is 15.4. The summed E-state index contributed by atoms with van der Waals surface area (Å²) in [4.78, 5) is 1.19. The maximum atomic E-state index is 6.24. The van der Waals surface area contributed by atoms with Gasteiger partial charge in [-0.05, 0) is 37.0 Å². The Morgan fingerprint density at radius 2 is 2.18 bits per heavy atom. The van der Waals surface area contributed by atoms with Crippen LogP contribution in [0.15, 0.2) is 23.1 Å². The summed E-state index contributed by atoms with van der Waals surface area (Å²) in [7, 11) is 1.65. The Bertz CT molecular complexity index is 466. The molecule has 1 saturated heterocycles. The Balaban J connectivity index is 1.80. The molecule has 1 aliphatic heterocycles. The number of benzene rings is 1. The van der Waals surface area contributed by atoms with Gasteiger partial charge in [0.25, 0.3) is 0 Å². The fraction of sp³-hybridized carbons (Fsp3) is 0.667. The van der Waals surface area contributed by atoms with Crippen LogP contribution in [-0.2, 0) is 4.74 Å². The zero-order valence-electron chi connectivity index (χ0n) is 13.8. The fourth-order valence-corrected chi connectivity index (χ4v) is 4.12. The van der Waals surface area contributed by atoms with Gasteiger partial charge in [0.05, 0.1) is 24.3 Å². The molecule has 2 unspecified atom stereocenters. The summed E-state index contributed by atoms with van der Waals surface area (Å²) in [6.45, 7) is 4.57. The average molecular weight is 343 g/mol. The van der Waals surface area contributed by atoms with Crippen LogP contribution in [0, 0.1) is 5.92 Å². The Labute approximate surface area is 143 Å². The molecule has 0 bridgehead atoms. The van der Waals surface area contributed by atoms with Crippen LogP contribution in [0.1, 0.15) is 46.0 Å². The van der Waals surface area contributed by atoms with Crippen molar-refractivity contribution >= 4 is 23.4 Å². The zero-order chi connectivity index (χ0) is 15.9. The third kappa shape index (κ3) is 5.07. The first kappa shape index (κ1) is 18.0. The third-order valence-electron chi connectivity index (χ3n) is 4.29. The molecule has 1 fully saturated rings. The van der Waals surface area contributed by atoms with Crippen LogP contribution in [0.2, 0.25) is 5.02 Å². The van der Waals surface area contributed by atoms with E-state index in [0.717, 1.165) is 11.5 Å². The summed E-state index contributed by atoms with van der Waals surface area (Å²) < 4.78 is 11.5. The first-order valence-corrected chi connectivity index (χ1v) is 9.62. The highest BCUT2D eigenvalue weighted by Gasteiger charge is 2.31. The van der Waals surface area contributed by atoms with E-state index in [0.29, 0.717) is 23.1 Å². The minimum Gasteiger partial charge on any atom is -0.495 e. The molecule has 0 aromatic heterocycles. The van der Waals surface area contributed by atoms with Gasteiger partial charge in [-0.1, -0.05) is 44.7 Å². The second-order valence-corrected chi connectivity index (χ2v) is 7.61. The lowest BCUT2D eigenvalue weighted by Gasteiger charge is -2.15. The molecule has 0 amide bonds. The van der Waals surface area contributed by atoms with Gasteiger partial charge in [-0.2, -0.15) is 0 Å². The number of hydrogen-bond acceptors (Lipinski definition) is 3. The normalized spacial score (nSPS) is 24.6. The molecular weight excluding hydrogens is 316 g/mol. The van der Waals surface area contributed by atoms with Crippen molar-refractivity contribution in [1.29, 1.82) is 0 Å². The molecule has 0 saturated carbocycles. The molecule has 1 aromatic carbocycles. The van der Waals surface area contributed by atoms with Crippen molar-refractivity contribution in [3.8, 4) is 5.75 Å². The maximum absolute atomic E-state index is 6.24. The minimum atomic E-state index is 0.369. The first-order valence-electron chi connectivity index (χ1n) is 8.25. The molecule has 22 heavy (non-hydrogen) atoms. The van der Waals surface area contributed by atoms with E-state index in [1.165, 1.54) is 37.0 Å². The van der Waals surface area contributed by atoms with E-state index in [1.807, 2.05) is 30.0 Å². The second kappa shape index (κ2) is 9.05. The van der Waals surface area contributed by atoms with Gasteiger partial charge in [-0.25, -0.2) is 0 Å². The smallest absolute Gasteiger partial charge is 0.138 e. The van der Waals surface area contributed by atoms with Crippen LogP contribution in [-0.4, -0.2) is 25.1 Å². The SMILES string of the molecule is CCCCCC1OC(CSc2ccc(Cl)c(OC)c2)C[C@H]1C. The van der Waals surface area contributed by atoms with E-state index in [4.69, 9.17) is 21.1 Å². The number of unbranched alkanes of at least 4 members (excludes halogenated alkanes) is 2. The quantitative estimate of drug-likeness (QED) is 0.438. The highest BCUT2D eigenvalue weighted by atomic mass is 35.5. The van der Waals surface area contributed by atoms with Gasteiger partial charge < -0.3 is 9.47 Å². The molecule has 1 heterocycles. The molecule has 0 radical (unpaired) electrons. The number of thioether (sulfide) groups is 1. The van der Waals surface area contributed by atoms with Gasteiger partial charge in [0.15, 0.2) is 0 Å². The fourth-order valence-electron chi connectivity index (χ4n) is 2.98. The summed E-state index contributed by atoms with van der Waals surface area (Å²) in [5.41, 5.74) is 0. The van der Waals surface area contributed by atoms with Gasteiger partial charge in [-0.15, -0.1) is 11.8 Å². The predicted molar refractivity (Wildman–Crippen MR) is 95.3 cm³/mol. The van der Waals surface area contributed by atoms with Crippen molar-refractivity contribution in [3.63, 3.8) is 0 Å². The summed E-state index contributed by atoms with van der Waals surface area (Å²) >= 11 is 7.89. The van der Waals surface area contributed by atoms with Crippen LogP contribution in [0.25, 0.3) is 0 Å². The van der Waals surface area contributed by atoms with Crippen molar-refractivity contribution < 1.29 is 9.47 Å². The second-order valence-electron chi connectivity index (χ2n) is 6.11. The van der Waals surface area contributed by atoms with Crippen molar-refractivity contribution in [2.45, 2.75) is 63.1 Å². The molecule has 1 aromatic rings. The standard InChI is InChI=1S/C18H27ClO2S/c1-4-5-6-7-17-13(2)10-14(21-17)12-22-15-8-9-16(19)18(11-15)20-3/h8-9,11,13-14,17H,4-7,10,12H2,1-3H3/t13-,14?,17?/m1/s1. The highest BCUT2D eigenvalue weighted by Crippen LogP contribution is 2.35. The van der Waals surface area contributed by atoms with Crippen molar-refractivity contribution in [2.75, 3.05) is 12.9 Å². The summed E-state index contributed by atoms with van der Waals surface area (Å²) in [6.07, 6.45) is 7.10. The third-order valence-corrected chi connectivity index (χ3v) is 5.73. The summed E-state index contributed by atoms with van der Waals surface area (Å²) in [6, 6.07) is 5.95. The van der Waals surface area contributed by atoms with Crippen molar-refractivity contribution in [3.05, 3.63) is 23.2 Å². The molecular formula is C18H27ClO2S. The largest absolute Gasteiger partial charge is 0.495 e. The van der Waals surface area contributed by atoms with Crippen LogP contribution >= 0.6 is 23.4 Å². The number of halogens is 1. The summed E-state index contributed by atoms with van der Waals surface area (Å²) in [5, 5.41) is 0.661. The molecule has 2 nitrogen and oxygen atoms in total. The van der Waals surface area contributed by atoms with Gasteiger partial charge >= 0.3 is 0 Å². The predicted octanol–water partition coefficient (Wildman–Crippen LogP) is 5.81. The van der Waals surface area contributed by atoms with E-state index in [1.54, 1.807) is 7.11 Å². The monoisotopic (exact) mass is 342 g/mol. The number of rotatable bonds is 8. The van der Waals surface area contributed by atoms with Gasteiger partial charge in [0, 0.05) is 10.6 Å². The summed E-state index contributed by atoms with van der Waals surface area (Å²) in [5.74, 6) is 2.42. The van der Waals surface area contributed by atoms with Crippen molar-refractivity contribution in [2.24, 2.45) is 5.92 Å². The van der Waals surface area contributed by atoms with E-state index >= 15 is 0 Å². The molecule has 3 atom stereocenters. The lowest BCUT2D eigenvalue weighted by Crippen LogP contribution is -2.15. The highest BCUT2D eigenvalue weighted by molar-refractivity contribution is 7.99. The van der Waals surface area contributed by atoms with Crippen LogP contribution in [0.5, 0.6) is 5.75 Å². The Kier molecular flexibility index (Phi) is 7.39. The van der Waals surface area contributed by atoms with Gasteiger partial charge in [0.2, 0.25) is 0 Å². The van der Waals surface area contributed by atoms with E-state index in [9.17, 15) is 0 Å². The molecule has 0 aliphatic carbocycles. The van der Waals surface area contributed by atoms with Gasteiger partial charge in [-0.3, -0.25) is 0 Å². The molecule has 0 N–H and O–H groups in total. The lowest BCUT2D eigenvalue weighted by molar-refractivity contribution is 0.0413. The van der Waals surface area contributed by atoms with Gasteiger partial charge in [0.1, 0.15) is 5.75 Å². The number of methoxy groups -OCH3 is 1. The Morgan fingerprint density at radius 1 is 1.36 bits per heavy atom. The Morgan fingerprint density at radius 3 is 2.91 bits per heavy atom. The van der Waals surface area contributed by atoms with Crippen LogP contribution in [0.3, 0.4) is 0 Å². The topological polar surface area (TPSA) is 18.5 Å². The van der Waals surface area contributed by atoms with Crippen LogP contribution in [0.4, 0.5) is 0 Å². The van der Waals surface area contributed by atoms with E-state index in [2.05, 4.69) is 13.8 Å². The molecule has 0 spiro atoms. The average Bonchev–Trinajstić information content (AvgIpc) is 2.87. The minimum absolute atomic E-state index is 0.369. The maximum Gasteiger partial charge on any atom is 0.138 e. The molecule has 124 valence electrons. The number of hydrogen-bond donors (Lipinski definition) is 0. The van der Waals surface area contributed by atoms with E-state index < -0.39 is 0 Å². The van der Waals surface area contributed by atoms with E-state index in [-0.39, 0.29) is 0 Å². The number of ether oxygens (including phenoxy) is 2. The Hall–Kier alpha value is -0.380. The molecule has 2 rings (SSSR count). The lowest BCUT2D eigenvalue weighted by atomic mass is 9.98.